The van der Waals surface area contributed by atoms with E-state index in [9.17, 15) is 24.9 Å². The van der Waals surface area contributed by atoms with E-state index < -0.39 is 29.0 Å². The Balaban J connectivity index is 2.69. The fourth-order valence-electron chi connectivity index (χ4n) is 2.65. The molecule has 8 nitrogen and oxygen atoms in total. The lowest BCUT2D eigenvalue weighted by atomic mass is 9.85. The van der Waals surface area contributed by atoms with Gasteiger partial charge in [0.2, 0.25) is 11.5 Å². The number of aliphatic hydroxyl groups is 2. The zero-order valence-corrected chi connectivity index (χ0v) is 12.2. The van der Waals surface area contributed by atoms with E-state index >= 15 is 0 Å². The molecule has 2 heterocycles. The average Bonchev–Trinajstić information content (AvgIpc) is 2.39. The van der Waals surface area contributed by atoms with E-state index in [-0.39, 0.29) is 5.82 Å². The van der Waals surface area contributed by atoms with Gasteiger partial charge >= 0.3 is 11.7 Å². The van der Waals surface area contributed by atoms with Gasteiger partial charge in [-0.2, -0.15) is 9.36 Å². The zero-order valence-electron chi connectivity index (χ0n) is 12.2. The summed E-state index contributed by atoms with van der Waals surface area (Å²) >= 11 is 0. The fourth-order valence-corrected chi connectivity index (χ4v) is 2.65. The number of carbonyl (C=O) groups is 1. The Morgan fingerprint density at radius 3 is 2.67 bits per heavy atom. The molecule has 1 aromatic heterocycles. The third-order valence-electron chi connectivity index (χ3n) is 3.90. The summed E-state index contributed by atoms with van der Waals surface area (Å²) in [6.07, 6.45) is 0.551. The Morgan fingerprint density at radius 1 is 1.52 bits per heavy atom. The minimum atomic E-state index is -2.04. The monoisotopic (exact) mass is 298 g/mol. The van der Waals surface area contributed by atoms with E-state index in [0.29, 0.717) is 6.54 Å². The third-order valence-corrected chi connectivity index (χ3v) is 3.90. The van der Waals surface area contributed by atoms with Crippen molar-refractivity contribution in [2.75, 3.05) is 5.32 Å². The van der Waals surface area contributed by atoms with E-state index in [0.717, 1.165) is 11.0 Å². The first kappa shape index (κ1) is 15.5. The van der Waals surface area contributed by atoms with Crippen LogP contribution in [0.4, 0.5) is 5.82 Å². The highest BCUT2D eigenvalue weighted by atomic mass is 16.4. The first-order chi connectivity index (χ1) is 9.66. The molecule has 0 fully saturated rings. The van der Waals surface area contributed by atoms with Crippen molar-refractivity contribution < 1.29 is 24.7 Å². The number of fused-ring (bicyclic) bond motifs is 1. The van der Waals surface area contributed by atoms with Crippen molar-refractivity contribution in [1.82, 2.24) is 4.57 Å². The maximum atomic E-state index is 12.4. The number of nitrogens with zero attached hydrogens (tertiary/aromatic N) is 2. The highest BCUT2D eigenvalue weighted by Gasteiger charge is 2.59. The van der Waals surface area contributed by atoms with Crippen LogP contribution in [0.1, 0.15) is 27.2 Å². The van der Waals surface area contributed by atoms with Gasteiger partial charge in [0.25, 0.3) is 0 Å². The van der Waals surface area contributed by atoms with Crippen molar-refractivity contribution in [2.45, 2.75) is 51.1 Å². The second kappa shape index (κ2) is 4.81. The van der Waals surface area contributed by atoms with Gasteiger partial charge in [0.05, 0.1) is 12.7 Å². The molecule has 116 valence electrons. The molecule has 0 aliphatic carbocycles. The minimum absolute atomic E-state index is 0.146. The summed E-state index contributed by atoms with van der Waals surface area (Å²) in [5.41, 5.74) is -4.35. The molecule has 0 radical (unpaired) electrons. The van der Waals surface area contributed by atoms with Gasteiger partial charge in [-0.1, -0.05) is 6.92 Å². The molecule has 0 saturated carbocycles. The second-order valence-electron chi connectivity index (χ2n) is 5.64. The van der Waals surface area contributed by atoms with Crippen LogP contribution < -0.4 is 15.6 Å². The number of carboxylic acid groups (broad SMARTS) is 1. The summed E-state index contributed by atoms with van der Waals surface area (Å²) in [5.74, 6) is -1.17. The highest BCUT2D eigenvalue weighted by Crippen LogP contribution is 2.34. The van der Waals surface area contributed by atoms with Crippen LogP contribution in [0, 0.1) is 0 Å². The van der Waals surface area contributed by atoms with Crippen molar-refractivity contribution in [1.29, 1.82) is 0 Å². The summed E-state index contributed by atoms with van der Waals surface area (Å²) in [6.45, 7) is 4.85. The Hall–Kier alpha value is -1.93. The first-order valence-electron chi connectivity index (χ1n) is 6.74. The van der Waals surface area contributed by atoms with Crippen molar-refractivity contribution in [2.24, 2.45) is 0 Å². The Bertz CT molecular complexity index is 639. The molecule has 21 heavy (non-hydrogen) atoms. The molecule has 1 aliphatic rings. The molecule has 3 atom stereocenters. The molecule has 0 aromatic carbocycles. The quantitative estimate of drug-likeness (QED) is 0.523. The lowest BCUT2D eigenvalue weighted by Crippen LogP contribution is -2.70. The van der Waals surface area contributed by atoms with Gasteiger partial charge in [-0.25, -0.2) is 4.79 Å². The number of nitrogens with one attached hydrogen (secondary N) is 1. The number of aromatic nitrogens is 2. The predicted octanol–water partition coefficient (Wildman–Crippen LogP) is -1.16. The molecule has 0 saturated heterocycles. The minimum Gasteiger partial charge on any atom is -0.479 e. The van der Waals surface area contributed by atoms with Crippen LogP contribution in [0.15, 0.2) is 17.1 Å². The van der Waals surface area contributed by atoms with Gasteiger partial charge in [0.15, 0.2) is 11.6 Å². The number of aliphatic hydroxyl groups excluding tert-OH is 1. The van der Waals surface area contributed by atoms with Crippen LogP contribution >= 0.6 is 0 Å². The Labute approximate surface area is 121 Å². The van der Waals surface area contributed by atoms with Crippen LogP contribution in [0.2, 0.25) is 0 Å². The summed E-state index contributed by atoms with van der Waals surface area (Å²) in [7, 11) is 0. The largest absolute Gasteiger partial charge is 0.502 e. The molecular weight excluding hydrogens is 278 g/mol. The zero-order chi connectivity index (χ0) is 16.0. The van der Waals surface area contributed by atoms with Crippen LogP contribution in [-0.2, 0) is 17.1 Å². The van der Waals surface area contributed by atoms with E-state index in [1.165, 1.54) is 30.7 Å². The van der Waals surface area contributed by atoms with Crippen LogP contribution in [0.25, 0.3) is 0 Å². The average molecular weight is 298 g/mol. The Kier molecular flexibility index (Phi) is 3.54. The molecule has 8 heteroatoms. The normalized spacial score (nSPS) is 31.4. The van der Waals surface area contributed by atoms with Gasteiger partial charge in [-0.3, -0.25) is 0 Å². The number of rotatable bonds is 3. The number of hydrogen-bond acceptors (Lipinski definition) is 5. The van der Waals surface area contributed by atoms with Crippen molar-refractivity contribution in [3.05, 3.63) is 22.7 Å². The van der Waals surface area contributed by atoms with Crippen molar-refractivity contribution in [3.8, 4) is 0 Å². The standard InChI is InChI=1S/C13H19N3O5/c1-4-6-15-7-5-8-14-12(2,10(18)19)9(17)13(3,21)16(8)11(15)20/h5,7,9,17,21H,4,6H2,1-3H3,(H,18,19)/p+1. The number of aliphatic carboxylic acids is 1. The predicted molar refractivity (Wildman–Crippen MR) is 72.7 cm³/mol. The van der Waals surface area contributed by atoms with Crippen molar-refractivity contribution in [3.63, 3.8) is 0 Å². The number of hydrogen-bond donors (Lipinski definition) is 4. The maximum Gasteiger partial charge on any atom is 0.502 e. The SMILES string of the molecule is CCC[n+]1ccc2n(c1=O)C(C)(O)C(O)C(C)(C(=O)O)N2. The molecule has 0 amide bonds. The van der Waals surface area contributed by atoms with Gasteiger partial charge in [0, 0.05) is 13.0 Å². The number of aryl methyl sites for hydroxylation is 1. The van der Waals surface area contributed by atoms with Gasteiger partial charge < -0.3 is 20.6 Å². The summed E-state index contributed by atoms with van der Waals surface area (Å²) < 4.78 is 2.38. The summed E-state index contributed by atoms with van der Waals surface area (Å²) in [6, 6.07) is 1.51. The first-order valence-corrected chi connectivity index (χ1v) is 6.74. The maximum absolute atomic E-state index is 12.4. The lowest BCUT2D eigenvalue weighted by Gasteiger charge is -2.42. The van der Waals surface area contributed by atoms with Gasteiger partial charge in [0.1, 0.15) is 0 Å². The number of carboxylic acids is 1. The van der Waals surface area contributed by atoms with Crippen LogP contribution in [0.5, 0.6) is 0 Å². The topological polar surface area (TPSA) is 116 Å². The highest BCUT2D eigenvalue weighted by molar-refractivity contribution is 5.83. The van der Waals surface area contributed by atoms with Crippen molar-refractivity contribution >= 4 is 11.8 Å². The molecule has 4 N–H and O–H groups in total. The summed E-state index contributed by atoms with van der Waals surface area (Å²) in [5, 5.41) is 32.7. The summed E-state index contributed by atoms with van der Waals surface area (Å²) in [4.78, 5) is 23.8. The molecule has 1 aliphatic heterocycles. The van der Waals surface area contributed by atoms with E-state index in [2.05, 4.69) is 5.32 Å². The third kappa shape index (κ3) is 2.11. The van der Waals surface area contributed by atoms with Crippen LogP contribution in [0.3, 0.4) is 0 Å². The molecule has 3 unspecified atom stereocenters. The molecule has 0 bridgehead atoms. The molecule has 1 aromatic rings. The lowest BCUT2D eigenvalue weighted by molar-refractivity contribution is -0.716. The Morgan fingerprint density at radius 2 is 2.14 bits per heavy atom. The van der Waals surface area contributed by atoms with E-state index in [1.54, 1.807) is 0 Å². The van der Waals surface area contributed by atoms with Gasteiger partial charge in [-0.15, -0.1) is 4.57 Å². The van der Waals surface area contributed by atoms with Gasteiger partial charge in [-0.05, 0) is 13.3 Å². The molecule has 2 rings (SSSR count). The smallest absolute Gasteiger partial charge is 0.479 e. The molecular formula is C13H20N3O5+. The van der Waals surface area contributed by atoms with E-state index in [4.69, 9.17) is 0 Å². The van der Waals surface area contributed by atoms with Crippen LogP contribution in [-0.4, -0.2) is 37.5 Å². The molecule has 0 spiro atoms. The number of anilines is 1. The van der Waals surface area contributed by atoms with E-state index in [1.807, 2.05) is 6.92 Å². The fraction of sp³-hybridized carbons (Fsp3) is 0.615. The second-order valence-corrected chi connectivity index (χ2v) is 5.64.